The molecule has 2 heteroatoms. The average Bonchev–Trinajstić information content (AvgIpc) is 2.07. The molecule has 63 valence electrons. The summed E-state index contributed by atoms with van der Waals surface area (Å²) >= 11 is 0. The maximum Gasteiger partial charge on any atom is 0.223 e. The van der Waals surface area contributed by atoms with Crippen molar-refractivity contribution in [2.24, 2.45) is 0 Å². The highest BCUT2D eigenvalue weighted by molar-refractivity contribution is 5.91. The Hall–Kier alpha value is -1.31. The molecule has 0 aliphatic carbocycles. The van der Waals surface area contributed by atoms with Gasteiger partial charge >= 0.3 is 0 Å². The molecule has 0 saturated carbocycles. The van der Waals surface area contributed by atoms with Gasteiger partial charge in [-0.3, -0.25) is 4.79 Å². The molecule has 0 fully saturated rings. The minimum absolute atomic E-state index is 0.0555. The van der Waals surface area contributed by atoms with Crippen LogP contribution < -0.4 is 4.90 Å². The second kappa shape index (κ2) is 3.90. The van der Waals surface area contributed by atoms with Crippen molar-refractivity contribution in [1.29, 1.82) is 0 Å². The molecule has 1 aromatic carbocycles. The molecule has 0 unspecified atom stereocenters. The normalized spacial score (nSPS) is 9.50. The van der Waals surface area contributed by atoms with E-state index in [0.29, 0.717) is 6.54 Å². The van der Waals surface area contributed by atoms with Gasteiger partial charge in [0.05, 0.1) is 5.69 Å². The molecule has 0 aliphatic rings. The number of anilines is 1. The van der Waals surface area contributed by atoms with Gasteiger partial charge in [-0.05, 0) is 13.0 Å². The number of hydrogen-bond donors (Lipinski definition) is 0. The van der Waals surface area contributed by atoms with Gasteiger partial charge in [0.2, 0.25) is 5.91 Å². The lowest BCUT2D eigenvalue weighted by Crippen LogP contribution is -2.27. The number of amides is 1. The fourth-order valence-corrected chi connectivity index (χ4v) is 1.11. The van der Waals surface area contributed by atoms with E-state index in [2.05, 4.69) is 6.07 Å². The van der Waals surface area contributed by atoms with Crippen LogP contribution in [0.3, 0.4) is 0 Å². The first-order valence-corrected chi connectivity index (χ1v) is 4.00. The average molecular weight is 162 g/mol. The minimum atomic E-state index is 0.0555. The fourth-order valence-electron chi connectivity index (χ4n) is 1.11. The number of nitrogens with zero attached hydrogens (tertiary/aromatic N) is 1. The van der Waals surface area contributed by atoms with Crippen LogP contribution in [0.25, 0.3) is 0 Å². The molecule has 1 amide bonds. The molecule has 1 rings (SSSR count). The molecule has 0 heterocycles. The van der Waals surface area contributed by atoms with Crippen molar-refractivity contribution >= 4 is 11.6 Å². The molecule has 1 radical (unpaired) electrons. The smallest absolute Gasteiger partial charge is 0.223 e. The molecular weight excluding hydrogens is 150 g/mol. The van der Waals surface area contributed by atoms with Crippen LogP contribution >= 0.6 is 0 Å². The Balaban J connectivity index is 2.88. The SMILES string of the molecule is CCN(C(C)=O)c1[c]cccc1. The summed E-state index contributed by atoms with van der Waals surface area (Å²) in [5.74, 6) is 0.0555. The highest BCUT2D eigenvalue weighted by Gasteiger charge is 2.06. The third kappa shape index (κ3) is 1.84. The van der Waals surface area contributed by atoms with Crippen LogP contribution in [-0.2, 0) is 4.79 Å². The van der Waals surface area contributed by atoms with Gasteiger partial charge in [0.25, 0.3) is 0 Å². The molecule has 0 aromatic heterocycles. The molecule has 0 spiro atoms. The van der Waals surface area contributed by atoms with E-state index in [0.717, 1.165) is 5.69 Å². The number of rotatable bonds is 2. The lowest BCUT2D eigenvalue weighted by Gasteiger charge is -2.17. The van der Waals surface area contributed by atoms with Gasteiger partial charge in [-0.1, -0.05) is 18.2 Å². The summed E-state index contributed by atoms with van der Waals surface area (Å²) in [7, 11) is 0. The Bertz CT molecular complexity index is 256. The Morgan fingerprint density at radius 2 is 2.33 bits per heavy atom. The van der Waals surface area contributed by atoms with Crippen LogP contribution in [0.4, 0.5) is 5.69 Å². The number of carbonyl (C=O) groups excluding carboxylic acids is 1. The number of hydrogen-bond acceptors (Lipinski definition) is 1. The van der Waals surface area contributed by atoms with Crippen molar-refractivity contribution in [1.82, 2.24) is 0 Å². The third-order valence-corrected chi connectivity index (χ3v) is 1.68. The summed E-state index contributed by atoms with van der Waals surface area (Å²) in [4.78, 5) is 12.8. The second-order valence-corrected chi connectivity index (χ2v) is 2.51. The van der Waals surface area contributed by atoms with Crippen LogP contribution in [0.2, 0.25) is 0 Å². The van der Waals surface area contributed by atoms with Crippen LogP contribution in [0.5, 0.6) is 0 Å². The fraction of sp³-hybridized carbons (Fsp3) is 0.300. The maximum atomic E-state index is 11.1. The maximum absolute atomic E-state index is 11.1. The van der Waals surface area contributed by atoms with Crippen molar-refractivity contribution in [3.8, 4) is 0 Å². The van der Waals surface area contributed by atoms with Gasteiger partial charge in [0, 0.05) is 19.5 Å². The molecule has 0 atom stereocenters. The number of para-hydroxylation sites is 1. The highest BCUT2D eigenvalue weighted by Crippen LogP contribution is 2.11. The lowest BCUT2D eigenvalue weighted by molar-refractivity contribution is -0.116. The lowest BCUT2D eigenvalue weighted by atomic mass is 10.3. The third-order valence-electron chi connectivity index (χ3n) is 1.68. The topological polar surface area (TPSA) is 20.3 Å². The summed E-state index contributed by atoms with van der Waals surface area (Å²) < 4.78 is 0. The van der Waals surface area contributed by atoms with Crippen molar-refractivity contribution in [3.63, 3.8) is 0 Å². The quantitative estimate of drug-likeness (QED) is 0.650. The zero-order chi connectivity index (χ0) is 8.97. The molecular formula is C10H12NO. The van der Waals surface area contributed by atoms with Gasteiger partial charge in [0.1, 0.15) is 0 Å². The summed E-state index contributed by atoms with van der Waals surface area (Å²) in [5.41, 5.74) is 0.840. The largest absolute Gasteiger partial charge is 0.312 e. The van der Waals surface area contributed by atoms with E-state index in [1.54, 1.807) is 17.9 Å². The Morgan fingerprint density at radius 1 is 1.58 bits per heavy atom. The van der Waals surface area contributed by atoms with Gasteiger partial charge in [-0.15, -0.1) is 0 Å². The van der Waals surface area contributed by atoms with Gasteiger partial charge < -0.3 is 4.90 Å². The van der Waals surface area contributed by atoms with Gasteiger partial charge in [-0.2, -0.15) is 0 Å². The molecule has 2 nitrogen and oxygen atoms in total. The molecule has 0 N–H and O–H groups in total. The van der Waals surface area contributed by atoms with Crippen molar-refractivity contribution in [2.45, 2.75) is 13.8 Å². The van der Waals surface area contributed by atoms with Crippen molar-refractivity contribution in [3.05, 3.63) is 30.3 Å². The second-order valence-electron chi connectivity index (χ2n) is 2.51. The predicted octanol–water partition coefficient (Wildman–Crippen LogP) is 1.86. The van der Waals surface area contributed by atoms with E-state index in [-0.39, 0.29) is 5.91 Å². The highest BCUT2D eigenvalue weighted by atomic mass is 16.2. The van der Waals surface area contributed by atoms with E-state index in [4.69, 9.17) is 0 Å². The standard InChI is InChI=1S/C10H12NO/c1-3-11(9(2)12)10-7-5-4-6-8-10/h4-7H,3H2,1-2H3. The summed E-state index contributed by atoms with van der Waals surface area (Å²) in [6, 6.07) is 10.5. The summed E-state index contributed by atoms with van der Waals surface area (Å²) in [5, 5.41) is 0. The van der Waals surface area contributed by atoms with Crippen LogP contribution in [0, 0.1) is 6.07 Å². The van der Waals surface area contributed by atoms with Crippen molar-refractivity contribution in [2.75, 3.05) is 11.4 Å². The van der Waals surface area contributed by atoms with Crippen LogP contribution in [0.15, 0.2) is 24.3 Å². The number of carbonyl (C=O) groups is 1. The van der Waals surface area contributed by atoms with Gasteiger partial charge in [-0.25, -0.2) is 0 Å². The number of benzene rings is 1. The van der Waals surface area contributed by atoms with E-state index >= 15 is 0 Å². The first-order chi connectivity index (χ1) is 5.75. The van der Waals surface area contributed by atoms with Crippen LogP contribution in [-0.4, -0.2) is 12.5 Å². The van der Waals surface area contributed by atoms with E-state index < -0.39 is 0 Å². The summed E-state index contributed by atoms with van der Waals surface area (Å²) in [6.07, 6.45) is 0. The predicted molar refractivity (Wildman–Crippen MR) is 49.0 cm³/mol. The minimum Gasteiger partial charge on any atom is -0.312 e. The Labute approximate surface area is 72.8 Å². The zero-order valence-corrected chi connectivity index (χ0v) is 7.37. The monoisotopic (exact) mass is 162 g/mol. The zero-order valence-electron chi connectivity index (χ0n) is 7.37. The van der Waals surface area contributed by atoms with Gasteiger partial charge in [0.15, 0.2) is 0 Å². The molecule has 0 bridgehead atoms. The first kappa shape index (κ1) is 8.78. The first-order valence-electron chi connectivity index (χ1n) is 4.00. The summed E-state index contributed by atoms with van der Waals surface area (Å²) in [6.45, 7) is 4.20. The molecule has 12 heavy (non-hydrogen) atoms. The Kier molecular flexibility index (Phi) is 2.86. The van der Waals surface area contributed by atoms with E-state index in [9.17, 15) is 4.79 Å². The molecule has 1 aromatic rings. The molecule has 0 aliphatic heterocycles. The van der Waals surface area contributed by atoms with E-state index in [1.807, 2.05) is 25.1 Å². The van der Waals surface area contributed by atoms with Crippen molar-refractivity contribution < 1.29 is 4.79 Å². The van der Waals surface area contributed by atoms with E-state index in [1.165, 1.54) is 0 Å². The Morgan fingerprint density at radius 3 is 2.75 bits per heavy atom. The van der Waals surface area contributed by atoms with Crippen LogP contribution in [0.1, 0.15) is 13.8 Å². The molecule has 0 saturated heterocycles.